The first-order valence-corrected chi connectivity index (χ1v) is 9.11. The number of nitrogens with one attached hydrogen (secondary N) is 2. The molecule has 144 valence electrons. The number of benzene rings is 2. The van der Waals surface area contributed by atoms with Crippen LogP contribution in [0.5, 0.6) is 5.75 Å². The van der Waals surface area contributed by atoms with Crippen LogP contribution in [0.15, 0.2) is 54.9 Å². The quantitative estimate of drug-likeness (QED) is 0.639. The van der Waals surface area contributed by atoms with Gasteiger partial charge in [-0.05, 0) is 48.2 Å². The molecule has 6 heteroatoms. The van der Waals surface area contributed by atoms with Crippen LogP contribution in [0.3, 0.4) is 0 Å². The lowest BCUT2D eigenvalue weighted by atomic mass is 10.0. The Kier molecular flexibility index (Phi) is 5.89. The normalized spacial score (nSPS) is 10.6. The van der Waals surface area contributed by atoms with Crippen molar-refractivity contribution in [1.29, 1.82) is 0 Å². The maximum absolute atomic E-state index is 12.5. The highest BCUT2D eigenvalue weighted by molar-refractivity contribution is 6.03. The Hall–Kier alpha value is -3.41. The summed E-state index contributed by atoms with van der Waals surface area (Å²) in [5.74, 6) is 1.31. The summed E-state index contributed by atoms with van der Waals surface area (Å²) in [5, 5.41) is 6.00. The molecule has 0 unspecified atom stereocenters. The molecule has 0 aliphatic heterocycles. The molecule has 0 bridgehead atoms. The summed E-state index contributed by atoms with van der Waals surface area (Å²) in [6.45, 7) is 6.26. The van der Waals surface area contributed by atoms with E-state index in [-0.39, 0.29) is 11.6 Å². The number of methoxy groups -OCH3 is 1. The highest BCUT2D eigenvalue weighted by Gasteiger charge is 2.12. The highest BCUT2D eigenvalue weighted by Crippen LogP contribution is 2.25. The average molecular weight is 376 g/mol. The van der Waals surface area contributed by atoms with Gasteiger partial charge in [0.2, 0.25) is 0 Å². The zero-order valence-corrected chi connectivity index (χ0v) is 16.5. The van der Waals surface area contributed by atoms with E-state index in [9.17, 15) is 4.79 Å². The molecule has 3 rings (SSSR count). The van der Waals surface area contributed by atoms with Crippen LogP contribution < -0.4 is 15.4 Å². The third-order valence-electron chi connectivity index (χ3n) is 4.34. The average Bonchev–Trinajstić information content (AvgIpc) is 2.69. The van der Waals surface area contributed by atoms with Crippen molar-refractivity contribution in [1.82, 2.24) is 9.97 Å². The Morgan fingerprint density at radius 1 is 1.04 bits per heavy atom. The predicted octanol–water partition coefficient (Wildman–Crippen LogP) is 4.91. The molecule has 6 nitrogen and oxygen atoms in total. The minimum absolute atomic E-state index is 0.226. The van der Waals surface area contributed by atoms with Crippen molar-refractivity contribution >= 4 is 23.1 Å². The van der Waals surface area contributed by atoms with Gasteiger partial charge in [-0.15, -0.1) is 0 Å². The van der Waals surface area contributed by atoms with Gasteiger partial charge in [0, 0.05) is 5.69 Å². The zero-order chi connectivity index (χ0) is 20.1. The van der Waals surface area contributed by atoms with Gasteiger partial charge in [0.1, 0.15) is 17.3 Å². The molecule has 3 aromatic rings. The molecule has 2 aromatic carbocycles. The Balaban J connectivity index is 1.68. The minimum Gasteiger partial charge on any atom is -0.495 e. The van der Waals surface area contributed by atoms with E-state index in [4.69, 9.17) is 4.74 Å². The van der Waals surface area contributed by atoms with E-state index in [1.807, 2.05) is 37.3 Å². The number of aryl methyl sites for hydroxylation is 1. The van der Waals surface area contributed by atoms with Crippen molar-refractivity contribution in [3.05, 3.63) is 71.7 Å². The van der Waals surface area contributed by atoms with Gasteiger partial charge in [0.25, 0.3) is 5.91 Å². The summed E-state index contributed by atoms with van der Waals surface area (Å²) in [5.41, 5.74) is 4.03. The monoisotopic (exact) mass is 376 g/mol. The van der Waals surface area contributed by atoms with Crippen molar-refractivity contribution in [2.75, 3.05) is 17.7 Å². The molecular weight excluding hydrogens is 352 g/mol. The first kappa shape index (κ1) is 19.4. The topological polar surface area (TPSA) is 76.1 Å². The molecule has 1 aromatic heterocycles. The molecule has 0 radical (unpaired) electrons. The number of nitrogens with zero attached hydrogens (tertiary/aromatic N) is 2. The van der Waals surface area contributed by atoms with Crippen LogP contribution >= 0.6 is 0 Å². The molecule has 28 heavy (non-hydrogen) atoms. The fourth-order valence-corrected chi connectivity index (χ4v) is 2.71. The van der Waals surface area contributed by atoms with Crippen LogP contribution in [-0.2, 0) is 0 Å². The molecule has 1 amide bonds. The van der Waals surface area contributed by atoms with Crippen molar-refractivity contribution in [3.8, 4) is 5.75 Å². The fourth-order valence-electron chi connectivity index (χ4n) is 2.71. The van der Waals surface area contributed by atoms with Crippen molar-refractivity contribution in [2.24, 2.45) is 0 Å². The number of anilines is 3. The van der Waals surface area contributed by atoms with Gasteiger partial charge in [-0.1, -0.05) is 32.0 Å². The van der Waals surface area contributed by atoms with Crippen molar-refractivity contribution in [3.63, 3.8) is 0 Å². The molecule has 0 saturated heterocycles. The van der Waals surface area contributed by atoms with E-state index >= 15 is 0 Å². The van der Waals surface area contributed by atoms with Crippen LogP contribution in [0.25, 0.3) is 0 Å². The molecule has 0 aliphatic rings. The van der Waals surface area contributed by atoms with Crippen LogP contribution in [0, 0.1) is 6.92 Å². The first-order chi connectivity index (χ1) is 13.5. The summed E-state index contributed by atoms with van der Waals surface area (Å²) in [4.78, 5) is 21.0. The van der Waals surface area contributed by atoms with E-state index in [0.717, 1.165) is 11.3 Å². The largest absolute Gasteiger partial charge is 0.495 e. The van der Waals surface area contributed by atoms with Gasteiger partial charge in [-0.3, -0.25) is 4.79 Å². The lowest BCUT2D eigenvalue weighted by molar-refractivity contribution is 0.102. The Morgan fingerprint density at radius 3 is 2.39 bits per heavy atom. The number of carbonyl (C=O) groups excluding carboxylic acids is 1. The van der Waals surface area contributed by atoms with E-state index < -0.39 is 0 Å². The molecule has 0 atom stereocenters. The summed E-state index contributed by atoms with van der Waals surface area (Å²) in [6.07, 6.45) is 2.99. The number of aromatic nitrogens is 2. The Morgan fingerprint density at radius 2 is 1.79 bits per heavy atom. The standard InChI is InChI=1S/C22H24N4O2/c1-14(2)16-6-8-17(9-7-16)25-21-13-23-19(12-24-21)22(27)26-18-11-15(3)5-10-20(18)28-4/h5-14H,1-4H3,(H,24,25)(H,26,27). The lowest BCUT2D eigenvalue weighted by Crippen LogP contribution is -2.15. The van der Waals surface area contributed by atoms with Gasteiger partial charge < -0.3 is 15.4 Å². The van der Waals surface area contributed by atoms with Gasteiger partial charge in [-0.2, -0.15) is 0 Å². The molecular formula is C22H24N4O2. The second kappa shape index (κ2) is 8.52. The van der Waals surface area contributed by atoms with Gasteiger partial charge >= 0.3 is 0 Å². The maximum Gasteiger partial charge on any atom is 0.275 e. The summed E-state index contributed by atoms with van der Waals surface area (Å²) < 4.78 is 5.28. The minimum atomic E-state index is -0.343. The van der Waals surface area contributed by atoms with Crippen LogP contribution in [-0.4, -0.2) is 23.0 Å². The summed E-state index contributed by atoms with van der Waals surface area (Å²) >= 11 is 0. The van der Waals surface area contributed by atoms with Crippen LogP contribution in [0.2, 0.25) is 0 Å². The van der Waals surface area contributed by atoms with E-state index in [0.29, 0.717) is 23.2 Å². The number of carbonyl (C=O) groups is 1. The van der Waals surface area contributed by atoms with Crippen LogP contribution in [0.1, 0.15) is 41.4 Å². The summed E-state index contributed by atoms with van der Waals surface area (Å²) in [6, 6.07) is 13.7. The van der Waals surface area contributed by atoms with Crippen LogP contribution in [0.4, 0.5) is 17.2 Å². The smallest absolute Gasteiger partial charge is 0.275 e. The molecule has 0 saturated carbocycles. The van der Waals surface area contributed by atoms with Gasteiger partial charge in [0.15, 0.2) is 0 Å². The van der Waals surface area contributed by atoms with Gasteiger partial charge in [-0.25, -0.2) is 9.97 Å². The van der Waals surface area contributed by atoms with E-state index in [1.54, 1.807) is 13.3 Å². The molecule has 0 spiro atoms. The SMILES string of the molecule is COc1ccc(C)cc1NC(=O)c1cnc(Nc2ccc(C(C)C)cc2)cn1. The first-order valence-electron chi connectivity index (χ1n) is 9.11. The molecule has 0 fully saturated rings. The number of hydrogen-bond donors (Lipinski definition) is 2. The molecule has 2 N–H and O–H groups in total. The Bertz CT molecular complexity index is 951. The number of hydrogen-bond acceptors (Lipinski definition) is 5. The second-order valence-electron chi connectivity index (χ2n) is 6.85. The lowest BCUT2D eigenvalue weighted by Gasteiger charge is -2.11. The number of rotatable bonds is 6. The zero-order valence-electron chi connectivity index (χ0n) is 16.5. The maximum atomic E-state index is 12.5. The highest BCUT2D eigenvalue weighted by atomic mass is 16.5. The fraction of sp³-hybridized carbons (Fsp3) is 0.227. The number of ether oxygens (including phenoxy) is 1. The summed E-state index contributed by atoms with van der Waals surface area (Å²) in [7, 11) is 1.56. The van der Waals surface area contributed by atoms with Crippen molar-refractivity contribution < 1.29 is 9.53 Å². The predicted molar refractivity (Wildman–Crippen MR) is 112 cm³/mol. The van der Waals surface area contributed by atoms with Gasteiger partial charge in [0.05, 0.1) is 25.2 Å². The Labute approximate surface area is 165 Å². The molecule has 0 aliphatic carbocycles. The molecule has 1 heterocycles. The number of amides is 1. The van der Waals surface area contributed by atoms with Crippen molar-refractivity contribution in [2.45, 2.75) is 26.7 Å². The second-order valence-corrected chi connectivity index (χ2v) is 6.85. The third-order valence-corrected chi connectivity index (χ3v) is 4.34. The van der Waals surface area contributed by atoms with E-state index in [2.05, 4.69) is 46.6 Å². The van der Waals surface area contributed by atoms with E-state index in [1.165, 1.54) is 11.8 Å². The third kappa shape index (κ3) is 4.65.